The molecule has 0 unspecified atom stereocenters. The molecular weight excluding hydrogens is 276 g/mol. The van der Waals surface area contributed by atoms with Gasteiger partial charge in [0.25, 0.3) is 5.91 Å². The summed E-state index contributed by atoms with van der Waals surface area (Å²) in [6.07, 6.45) is 0. The zero-order valence-corrected chi connectivity index (χ0v) is 13.2. The summed E-state index contributed by atoms with van der Waals surface area (Å²) in [6, 6.07) is 5.13. The summed E-state index contributed by atoms with van der Waals surface area (Å²) in [5, 5.41) is 3.11. The van der Waals surface area contributed by atoms with Crippen molar-refractivity contribution in [3.8, 4) is 0 Å². The fourth-order valence-corrected chi connectivity index (χ4v) is 2.21. The maximum atomic E-state index is 12.0. The first-order chi connectivity index (χ1) is 9.18. The lowest BCUT2D eigenvalue weighted by atomic mass is 9.75. The van der Waals surface area contributed by atoms with E-state index in [0.717, 1.165) is 0 Å². The average molecular weight is 296 g/mol. The first-order valence-electron chi connectivity index (χ1n) is 6.55. The maximum absolute atomic E-state index is 12.0. The molecule has 1 saturated heterocycles. The van der Waals surface area contributed by atoms with Crippen LogP contribution in [0.4, 0.5) is 0 Å². The Bertz CT molecular complexity index is 529. The molecule has 20 heavy (non-hydrogen) atoms. The van der Waals surface area contributed by atoms with Crippen molar-refractivity contribution in [3.63, 3.8) is 0 Å². The second kappa shape index (κ2) is 5.06. The van der Waals surface area contributed by atoms with Crippen molar-refractivity contribution in [2.45, 2.75) is 38.9 Å². The van der Waals surface area contributed by atoms with Gasteiger partial charge in [-0.1, -0.05) is 17.7 Å². The van der Waals surface area contributed by atoms with Crippen molar-refractivity contribution >= 4 is 30.1 Å². The largest absolute Gasteiger partial charge is 0.495 e. The monoisotopic (exact) mass is 295 g/mol. The van der Waals surface area contributed by atoms with Crippen LogP contribution in [0.25, 0.3) is 0 Å². The van der Waals surface area contributed by atoms with Crippen LogP contribution in [0.2, 0.25) is 5.02 Å². The van der Waals surface area contributed by atoms with Gasteiger partial charge >= 0.3 is 7.12 Å². The van der Waals surface area contributed by atoms with E-state index in [2.05, 4.69) is 5.32 Å². The fraction of sp³-hybridized carbons (Fsp3) is 0.500. The predicted octanol–water partition coefficient (Wildman–Crippen LogP) is 2.00. The van der Waals surface area contributed by atoms with Gasteiger partial charge in [0.2, 0.25) is 0 Å². The van der Waals surface area contributed by atoms with E-state index in [9.17, 15) is 4.79 Å². The van der Waals surface area contributed by atoms with Crippen LogP contribution in [-0.2, 0) is 9.31 Å². The van der Waals surface area contributed by atoms with E-state index in [4.69, 9.17) is 20.9 Å². The third-order valence-corrected chi connectivity index (χ3v) is 4.23. The first-order valence-corrected chi connectivity index (χ1v) is 6.93. The van der Waals surface area contributed by atoms with Crippen LogP contribution in [0.5, 0.6) is 0 Å². The third kappa shape index (κ3) is 2.58. The molecule has 1 amide bonds. The highest BCUT2D eigenvalue weighted by Crippen LogP contribution is 2.36. The number of carbonyl (C=O) groups excluding carboxylic acids is 1. The summed E-state index contributed by atoms with van der Waals surface area (Å²) in [5.74, 6) is -0.211. The van der Waals surface area contributed by atoms with Crippen molar-refractivity contribution in [2.75, 3.05) is 7.05 Å². The molecule has 4 nitrogen and oxygen atoms in total. The van der Waals surface area contributed by atoms with Crippen LogP contribution in [0.1, 0.15) is 38.1 Å². The lowest BCUT2D eigenvalue weighted by Crippen LogP contribution is -2.41. The summed E-state index contributed by atoms with van der Waals surface area (Å²) in [4.78, 5) is 12.0. The Morgan fingerprint density at radius 3 is 2.25 bits per heavy atom. The molecule has 0 saturated carbocycles. The van der Waals surface area contributed by atoms with E-state index >= 15 is 0 Å². The molecule has 0 atom stereocenters. The molecule has 0 aromatic heterocycles. The van der Waals surface area contributed by atoms with Crippen LogP contribution in [0, 0.1) is 0 Å². The minimum atomic E-state index is -0.579. The van der Waals surface area contributed by atoms with Gasteiger partial charge in [-0.3, -0.25) is 4.79 Å². The number of amides is 1. The Morgan fingerprint density at radius 1 is 1.20 bits per heavy atom. The highest BCUT2D eigenvalue weighted by molar-refractivity contribution is 6.63. The molecule has 2 rings (SSSR count). The number of rotatable bonds is 2. The average Bonchev–Trinajstić information content (AvgIpc) is 2.57. The number of nitrogens with one attached hydrogen (secondary N) is 1. The van der Waals surface area contributed by atoms with Gasteiger partial charge in [-0.2, -0.15) is 0 Å². The molecule has 6 heteroatoms. The van der Waals surface area contributed by atoms with Gasteiger partial charge in [0.05, 0.1) is 11.2 Å². The van der Waals surface area contributed by atoms with Gasteiger partial charge < -0.3 is 14.6 Å². The highest BCUT2D eigenvalue weighted by atomic mass is 35.5. The summed E-state index contributed by atoms with van der Waals surface area (Å²) >= 11 is 5.97. The van der Waals surface area contributed by atoms with E-state index in [0.29, 0.717) is 16.0 Å². The molecule has 1 aromatic carbocycles. The predicted molar refractivity (Wildman–Crippen MR) is 80.6 cm³/mol. The number of carbonyl (C=O) groups is 1. The van der Waals surface area contributed by atoms with E-state index in [1.165, 1.54) is 0 Å². The maximum Gasteiger partial charge on any atom is 0.495 e. The molecule has 0 aliphatic carbocycles. The van der Waals surface area contributed by atoms with Crippen molar-refractivity contribution in [1.82, 2.24) is 5.32 Å². The Kier molecular flexibility index (Phi) is 3.89. The molecule has 0 spiro atoms. The highest BCUT2D eigenvalue weighted by Gasteiger charge is 2.52. The third-order valence-electron chi connectivity index (χ3n) is 3.99. The molecule has 1 N–H and O–H groups in total. The topological polar surface area (TPSA) is 47.6 Å². The van der Waals surface area contributed by atoms with E-state index in [1.54, 1.807) is 25.2 Å². The van der Waals surface area contributed by atoms with Gasteiger partial charge in [0.15, 0.2) is 0 Å². The second-order valence-electron chi connectivity index (χ2n) is 5.90. The zero-order chi connectivity index (χ0) is 15.1. The smallest absolute Gasteiger partial charge is 0.399 e. The van der Waals surface area contributed by atoms with Gasteiger partial charge in [-0.05, 0) is 45.3 Å². The molecular formula is C14H19BClNO3. The molecule has 0 bridgehead atoms. The fourth-order valence-electron chi connectivity index (χ4n) is 2.04. The number of benzene rings is 1. The Hall–Kier alpha value is -1.04. The van der Waals surface area contributed by atoms with Gasteiger partial charge in [-0.25, -0.2) is 0 Å². The summed E-state index contributed by atoms with van der Waals surface area (Å²) in [7, 11) is 1.00. The van der Waals surface area contributed by atoms with E-state index in [-0.39, 0.29) is 5.91 Å². The Balaban J connectivity index is 2.42. The lowest BCUT2D eigenvalue weighted by molar-refractivity contribution is 0.00578. The second-order valence-corrected chi connectivity index (χ2v) is 6.34. The first kappa shape index (κ1) is 15.4. The SMILES string of the molecule is CNC(=O)c1cc(Cl)ccc1B1OC(C)(C)C(C)(C)O1. The molecule has 1 heterocycles. The Labute approximate surface area is 124 Å². The molecule has 1 aromatic rings. The molecule has 1 aliphatic heterocycles. The van der Waals surface area contributed by atoms with Crippen molar-refractivity contribution in [2.24, 2.45) is 0 Å². The van der Waals surface area contributed by atoms with Gasteiger partial charge in [0, 0.05) is 17.6 Å². The normalized spacial score (nSPS) is 20.0. The zero-order valence-electron chi connectivity index (χ0n) is 12.4. The summed E-state index contributed by atoms with van der Waals surface area (Å²) < 4.78 is 12.0. The van der Waals surface area contributed by atoms with E-state index in [1.807, 2.05) is 27.7 Å². The van der Waals surface area contributed by atoms with Gasteiger partial charge in [0.1, 0.15) is 0 Å². The molecule has 1 aliphatic rings. The van der Waals surface area contributed by atoms with Crippen molar-refractivity contribution < 1.29 is 14.1 Å². The summed E-state index contributed by atoms with van der Waals surface area (Å²) in [6.45, 7) is 7.90. The number of halogens is 1. The number of hydrogen-bond donors (Lipinski definition) is 1. The molecule has 0 radical (unpaired) electrons. The van der Waals surface area contributed by atoms with Crippen LogP contribution in [0.15, 0.2) is 18.2 Å². The Morgan fingerprint density at radius 2 is 1.75 bits per heavy atom. The quantitative estimate of drug-likeness (QED) is 0.849. The lowest BCUT2D eigenvalue weighted by Gasteiger charge is -2.32. The van der Waals surface area contributed by atoms with Crippen LogP contribution < -0.4 is 10.8 Å². The number of hydrogen-bond acceptors (Lipinski definition) is 3. The minimum Gasteiger partial charge on any atom is -0.399 e. The van der Waals surface area contributed by atoms with Crippen molar-refractivity contribution in [3.05, 3.63) is 28.8 Å². The van der Waals surface area contributed by atoms with Gasteiger partial charge in [-0.15, -0.1) is 0 Å². The summed E-state index contributed by atoms with van der Waals surface area (Å²) in [5.41, 5.74) is 0.264. The minimum absolute atomic E-state index is 0.211. The van der Waals surface area contributed by atoms with Crippen molar-refractivity contribution in [1.29, 1.82) is 0 Å². The standard InChI is InChI=1S/C14H19BClNO3/c1-13(2)14(3,4)20-15(19-13)11-7-6-9(16)8-10(11)12(18)17-5/h6-8H,1-5H3,(H,17,18). The van der Waals surface area contributed by atoms with Crippen LogP contribution in [0.3, 0.4) is 0 Å². The van der Waals surface area contributed by atoms with E-state index < -0.39 is 18.3 Å². The molecule has 108 valence electrons. The van der Waals surface area contributed by atoms with Crippen LogP contribution in [-0.4, -0.2) is 31.3 Å². The van der Waals surface area contributed by atoms with Crippen LogP contribution >= 0.6 is 11.6 Å². The molecule has 1 fully saturated rings.